The van der Waals surface area contributed by atoms with Crippen LogP contribution in [0.3, 0.4) is 0 Å². The zero-order valence-corrected chi connectivity index (χ0v) is 8.81. The lowest BCUT2D eigenvalue weighted by molar-refractivity contribution is 0.170. The molecular formula is C9H15N5O. The molecule has 6 nitrogen and oxygen atoms in total. The van der Waals surface area contributed by atoms with Crippen molar-refractivity contribution in [3.8, 4) is 0 Å². The van der Waals surface area contributed by atoms with E-state index in [4.69, 9.17) is 0 Å². The van der Waals surface area contributed by atoms with Gasteiger partial charge in [-0.1, -0.05) is 0 Å². The maximum absolute atomic E-state index is 11.9. The van der Waals surface area contributed by atoms with Crippen molar-refractivity contribution in [2.45, 2.75) is 19.4 Å². The van der Waals surface area contributed by atoms with Crippen LogP contribution < -0.4 is 0 Å². The Labute approximate surface area is 88.3 Å². The number of nitrogens with zero attached hydrogens (tertiary/aromatic N) is 4. The highest BCUT2D eigenvalue weighted by molar-refractivity contribution is 5.74. The molecule has 0 atom stereocenters. The van der Waals surface area contributed by atoms with Gasteiger partial charge in [0.1, 0.15) is 12.2 Å². The maximum Gasteiger partial charge on any atom is 0.320 e. The second-order valence-electron chi connectivity index (χ2n) is 3.76. The van der Waals surface area contributed by atoms with Crippen molar-refractivity contribution in [1.82, 2.24) is 25.0 Å². The van der Waals surface area contributed by atoms with Crippen LogP contribution in [0.25, 0.3) is 0 Å². The van der Waals surface area contributed by atoms with Crippen LogP contribution in [0.15, 0.2) is 6.33 Å². The number of carbonyl (C=O) groups excluding carboxylic acids is 1. The van der Waals surface area contributed by atoms with Gasteiger partial charge in [0.2, 0.25) is 0 Å². The van der Waals surface area contributed by atoms with Gasteiger partial charge >= 0.3 is 6.03 Å². The first-order chi connectivity index (χ1) is 7.27. The van der Waals surface area contributed by atoms with Crippen LogP contribution in [0.1, 0.15) is 18.7 Å². The minimum Gasteiger partial charge on any atom is -0.325 e. The standard InChI is InChI=1S/C9H15N5O/c1-13(6-8-10-7-11-12-8)9(15)14-4-2-3-5-14/h7H,2-6H2,1H3,(H,10,11,12). The van der Waals surface area contributed by atoms with Crippen LogP contribution in [-0.4, -0.2) is 51.1 Å². The molecule has 1 aliphatic heterocycles. The molecule has 1 fully saturated rings. The minimum atomic E-state index is 0.0731. The maximum atomic E-state index is 11.9. The summed E-state index contributed by atoms with van der Waals surface area (Å²) in [6.45, 7) is 2.23. The molecule has 0 bridgehead atoms. The number of H-pyrrole nitrogens is 1. The summed E-state index contributed by atoms with van der Waals surface area (Å²) in [5, 5.41) is 6.48. The van der Waals surface area contributed by atoms with Crippen molar-refractivity contribution in [1.29, 1.82) is 0 Å². The molecule has 0 aliphatic carbocycles. The van der Waals surface area contributed by atoms with Gasteiger partial charge < -0.3 is 9.80 Å². The molecule has 2 heterocycles. The smallest absolute Gasteiger partial charge is 0.320 e. The number of likely N-dealkylation sites (tertiary alicyclic amines) is 1. The molecule has 0 unspecified atom stereocenters. The number of nitrogens with one attached hydrogen (secondary N) is 1. The van der Waals surface area contributed by atoms with E-state index in [0.29, 0.717) is 12.4 Å². The Morgan fingerprint density at radius 1 is 1.60 bits per heavy atom. The van der Waals surface area contributed by atoms with E-state index in [9.17, 15) is 4.79 Å². The minimum absolute atomic E-state index is 0.0731. The van der Waals surface area contributed by atoms with E-state index in [1.54, 1.807) is 11.9 Å². The Balaban J connectivity index is 1.89. The van der Waals surface area contributed by atoms with Crippen LogP contribution in [0.5, 0.6) is 0 Å². The summed E-state index contributed by atoms with van der Waals surface area (Å²) in [6, 6.07) is 0.0731. The van der Waals surface area contributed by atoms with Crippen LogP contribution >= 0.6 is 0 Å². The highest BCUT2D eigenvalue weighted by Crippen LogP contribution is 2.10. The summed E-state index contributed by atoms with van der Waals surface area (Å²) in [7, 11) is 1.78. The highest BCUT2D eigenvalue weighted by atomic mass is 16.2. The fourth-order valence-electron chi connectivity index (χ4n) is 1.75. The zero-order valence-electron chi connectivity index (χ0n) is 8.81. The van der Waals surface area contributed by atoms with E-state index < -0.39 is 0 Å². The van der Waals surface area contributed by atoms with Gasteiger partial charge in [0.15, 0.2) is 0 Å². The molecule has 6 heteroatoms. The first-order valence-electron chi connectivity index (χ1n) is 5.11. The average molecular weight is 209 g/mol. The predicted molar refractivity (Wildman–Crippen MR) is 54.1 cm³/mol. The Hall–Kier alpha value is -1.59. The van der Waals surface area contributed by atoms with Gasteiger partial charge in [-0.25, -0.2) is 9.78 Å². The lowest BCUT2D eigenvalue weighted by Crippen LogP contribution is -2.39. The van der Waals surface area contributed by atoms with Gasteiger partial charge in [-0.05, 0) is 12.8 Å². The van der Waals surface area contributed by atoms with Gasteiger partial charge in [-0.2, -0.15) is 5.10 Å². The van der Waals surface area contributed by atoms with Crippen molar-refractivity contribution < 1.29 is 4.79 Å². The molecule has 1 aromatic heterocycles. The van der Waals surface area contributed by atoms with Gasteiger partial charge in [0.25, 0.3) is 0 Å². The van der Waals surface area contributed by atoms with E-state index in [0.717, 1.165) is 25.9 Å². The molecule has 2 rings (SSSR count). The number of hydrogen-bond acceptors (Lipinski definition) is 3. The number of urea groups is 1. The second kappa shape index (κ2) is 4.29. The van der Waals surface area contributed by atoms with E-state index >= 15 is 0 Å². The number of carbonyl (C=O) groups is 1. The summed E-state index contributed by atoms with van der Waals surface area (Å²) in [5.74, 6) is 0.713. The number of aromatic nitrogens is 3. The third-order valence-corrected chi connectivity index (χ3v) is 2.55. The van der Waals surface area contributed by atoms with Crippen molar-refractivity contribution in [3.63, 3.8) is 0 Å². The third-order valence-electron chi connectivity index (χ3n) is 2.55. The third kappa shape index (κ3) is 2.26. The van der Waals surface area contributed by atoms with Crippen LogP contribution in [-0.2, 0) is 6.54 Å². The molecule has 0 aromatic carbocycles. The molecular weight excluding hydrogens is 194 g/mol. The summed E-state index contributed by atoms with van der Waals surface area (Å²) >= 11 is 0. The quantitative estimate of drug-likeness (QED) is 0.769. The Morgan fingerprint density at radius 2 is 2.33 bits per heavy atom. The molecule has 1 aromatic rings. The fourth-order valence-corrected chi connectivity index (χ4v) is 1.75. The Kier molecular flexibility index (Phi) is 2.84. The van der Waals surface area contributed by atoms with Gasteiger partial charge in [-0.15, -0.1) is 0 Å². The van der Waals surface area contributed by atoms with Crippen molar-refractivity contribution in [3.05, 3.63) is 12.2 Å². The van der Waals surface area contributed by atoms with E-state index in [-0.39, 0.29) is 6.03 Å². The number of aromatic amines is 1. The highest BCUT2D eigenvalue weighted by Gasteiger charge is 2.21. The summed E-state index contributed by atoms with van der Waals surface area (Å²) in [5.41, 5.74) is 0. The summed E-state index contributed by atoms with van der Waals surface area (Å²) in [6.07, 6.45) is 3.67. The molecule has 1 saturated heterocycles. The predicted octanol–water partition coefficient (Wildman–Crippen LogP) is 0.452. The summed E-state index contributed by atoms with van der Waals surface area (Å²) in [4.78, 5) is 19.4. The molecule has 0 spiro atoms. The Morgan fingerprint density at radius 3 is 2.93 bits per heavy atom. The van der Waals surface area contributed by atoms with E-state index in [1.165, 1.54) is 6.33 Å². The van der Waals surface area contributed by atoms with Crippen molar-refractivity contribution in [2.75, 3.05) is 20.1 Å². The van der Waals surface area contributed by atoms with Crippen LogP contribution in [0, 0.1) is 0 Å². The fraction of sp³-hybridized carbons (Fsp3) is 0.667. The lowest BCUT2D eigenvalue weighted by atomic mass is 10.4. The average Bonchev–Trinajstić information content (AvgIpc) is 2.88. The molecule has 2 amide bonds. The molecule has 82 valence electrons. The van der Waals surface area contributed by atoms with Gasteiger partial charge in [-0.3, -0.25) is 5.10 Å². The van der Waals surface area contributed by atoms with Crippen molar-refractivity contribution in [2.24, 2.45) is 0 Å². The summed E-state index contributed by atoms with van der Waals surface area (Å²) < 4.78 is 0. The molecule has 1 N–H and O–H groups in total. The van der Waals surface area contributed by atoms with E-state index in [1.807, 2.05) is 4.90 Å². The zero-order chi connectivity index (χ0) is 10.7. The number of rotatable bonds is 2. The largest absolute Gasteiger partial charge is 0.325 e. The van der Waals surface area contributed by atoms with Gasteiger partial charge in [0.05, 0.1) is 6.54 Å². The monoisotopic (exact) mass is 209 g/mol. The SMILES string of the molecule is CN(Cc1ncn[nH]1)C(=O)N1CCCC1. The lowest BCUT2D eigenvalue weighted by Gasteiger charge is -2.23. The molecule has 1 aliphatic rings. The first kappa shape index (κ1) is 9.95. The second-order valence-corrected chi connectivity index (χ2v) is 3.76. The molecule has 0 radical (unpaired) electrons. The first-order valence-corrected chi connectivity index (χ1v) is 5.11. The topological polar surface area (TPSA) is 65.1 Å². The number of hydrogen-bond donors (Lipinski definition) is 1. The normalized spacial score (nSPS) is 15.7. The van der Waals surface area contributed by atoms with Crippen LogP contribution in [0.2, 0.25) is 0 Å². The van der Waals surface area contributed by atoms with Crippen LogP contribution in [0.4, 0.5) is 4.79 Å². The van der Waals surface area contributed by atoms with E-state index in [2.05, 4.69) is 15.2 Å². The molecule has 15 heavy (non-hydrogen) atoms. The van der Waals surface area contributed by atoms with Gasteiger partial charge in [0, 0.05) is 20.1 Å². The van der Waals surface area contributed by atoms with Crippen molar-refractivity contribution >= 4 is 6.03 Å². The Bertz CT molecular complexity index is 317. The molecule has 0 saturated carbocycles. The number of amides is 2.